The molecule has 0 bridgehead atoms. The molecule has 2 atom stereocenters. The van der Waals surface area contributed by atoms with Crippen LogP contribution in [0.3, 0.4) is 0 Å². The first-order valence-corrected chi connectivity index (χ1v) is 7.23. The summed E-state index contributed by atoms with van der Waals surface area (Å²) in [6.07, 6.45) is 0.370. The predicted octanol–water partition coefficient (Wildman–Crippen LogP) is 0.979. The zero-order valence-electron chi connectivity index (χ0n) is 12.8. The molecule has 2 aliphatic heterocycles. The Morgan fingerprint density at radius 2 is 2.14 bits per heavy atom. The lowest BCUT2D eigenvalue weighted by molar-refractivity contribution is -0.152. The Hall–Kier alpha value is -2.37. The van der Waals surface area contributed by atoms with Crippen molar-refractivity contribution >= 4 is 23.5 Å². The molecule has 1 saturated heterocycles. The van der Waals surface area contributed by atoms with Gasteiger partial charge in [0.25, 0.3) is 0 Å². The van der Waals surface area contributed by atoms with Gasteiger partial charge in [-0.15, -0.1) is 0 Å². The standard InChI is InChI=1S/C16H18N2O4/c1-9-4-5-11-12(8-9)17-14(20)16(11)6-7-18(15(16)21)10(2)13(19)22-3/h4-5,8,10H,6-7H2,1-3H3,(H,17,20)/t10-,16?/m1/s1. The Balaban J connectivity index is 2.01. The molecule has 2 aliphatic rings. The van der Waals surface area contributed by atoms with Crippen LogP contribution in [0.1, 0.15) is 24.5 Å². The largest absolute Gasteiger partial charge is 0.467 e. The Kier molecular flexibility index (Phi) is 3.20. The van der Waals surface area contributed by atoms with E-state index < -0.39 is 17.4 Å². The molecule has 0 aliphatic carbocycles. The fourth-order valence-corrected chi connectivity index (χ4v) is 3.35. The fraction of sp³-hybridized carbons (Fsp3) is 0.438. The molecule has 116 valence electrons. The first kappa shape index (κ1) is 14.6. The second-order valence-electron chi connectivity index (χ2n) is 5.86. The predicted molar refractivity (Wildman–Crippen MR) is 79.3 cm³/mol. The molecule has 0 aromatic heterocycles. The van der Waals surface area contributed by atoms with Gasteiger partial charge in [-0.2, -0.15) is 0 Å². The van der Waals surface area contributed by atoms with Crippen molar-refractivity contribution < 1.29 is 19.1 Å². The van der Waals surface area contributed by atoms with Gasteiger partial charge in [0, 0.05) is 17.8 Å². The van der Waals surface area contributed by atoms with Gasteiger partial charge in [0.1, 0.15) is 6.04 Å². The smallest absolute Gasteiger partial charge is 0.328 e. The number of carbonyl (C=O) groups excluding carboxylic acids is 3. The number of hydrogen-bond acceptors (Lipinski definition) is 4. The summed E-state index contributed by atoms with van der Waals surface area (Å²) in [4.78, 5) is 38.6. The number of amides is 2. The first-order valence-electron chi connectivity index (χ1n) is 7.23. The van der Waals surface area contributed by atoms with Crippen molar-refractivity contribution in [3.8, 4) is 0 Å². The van der Waals surface area contributed by atoms with Gasteiger partial charge in [-0.25, -0.2) is 4.79 Å². The molecule has 1 aromatic carbocycles. The maximum absolute atomic E-state index is 12.9. The maximum atomic E-state index is 12.9. The Morgan fingerprint density at radius 1 is 1.41 bits per heavy atom. The van der Waals surface area contributed by atoms with Crippen molar-refractivity contribution in [3.63, 3.8) is 0 Å². The number of methoxy groups -OCH3 is 1. The van der Waals surface area contributed by atoms with Crippen molar-refractivity contribution in [2.45, 2.75) is 31.7 Å². The molecule has 1 N–H and O–H groups in total. The van der Waals surface area contributed by atoms with Gasteiger partial charge in [0.05, 0.1) is 7.11 Å². The molecule has 6 nitrogen and oxygen atoms in total. The van der Waals surface area contributed by atoms with E-state index in [0.29, 0.717) is 24.2 Å². The van der Waals surface area contributed by atoms with Gasteiger partial charge < -0.3 is 15.0 Å². The lowest BCUT2D eigenvalue weighted by atomic mass is 9.80. The zero-order chi connectivity index (χ0) is 16.1. The van der Waals surface area contributed by atoms with Crippen LogP contribution in [0, 0.1) is 6.92 Å². The van der Waals surface area contributed by atoms with Crippen LogP contribution in [-0.4, -0.2) is 42.4 Å². The Morgan fingerprint density at radius 3 is 2.82 bits per heavy atom. The molecule has 1 fully saturated rings. The van der Waals surface area contributed by atoms with Crippen LogP contribution in [-0.2, 0) is 24.5 Å². The maximum Gasteiger partial charge on any atom is 0.328 e. The lowest BCUT2D eigenvalue weighted by Gasteiger charge is -2.25. The summed E-state index contributed by atoms with van der Waals surface area (Å²) in [5, 5.41) is 2.80. The third-order valence-corrected chi connectivity index (χ3v) is 4.63. The minimum Gasteiger partial charge on any atom is -0.467 e. The second-order valence-corrected chi connectivity index (χ2v) is 5.86. The van der Waals surface area contributed by atoms with E-state index in [1.807, 2.05) is 25.1 Å². The van der Waals surface area contributed by atoms with Gasteiger partial charge in [-0.05, 0) is 31.9 Å². The highest BCUT2D eigenvalue weighted by Gasteiger charge is 2.59. The van der Waals surface area contributed by atoms with Crippen molar-refractivity contribution in [1.29, 1.82) is 0 Å². The van der Waals surface area contributed by atoms with E-state index in [9.17, 15) is 14.4 Å². The summed E-state index contributed by atoms with van der Waals surface area (Å²) in [6.45, 7) is 3.90. The van der Waals surface area contributed by atoms with Crippen LogP contribution in [0.5, 0.6) is 0 Å². The van der Waals surface area contributed by atoms with Crippen LogP contribution in [0.2, 0.25) is 0 Å². The molecule has 1 aromatic rings. The van der Waals surface area contributed by atoms with E-state index in [1.165, 1.54) is 12.0 Å². The second kappa shape index (κ2) is 4.83. The number of carbonyl (C=O) groups is 3. The van der Waals surface area contributed by atoms with Gasteiger partial charge in [-0.3, -0.25) is 9.59 Å². The molecule has 1 unspecified atom stereocenters. The highest BCUT2D eigenvalue weighted by atomic mass is 16.5. The van der Waals surface area contributed by atoms with E-state index in [4.69, 9.17) is 4.74 Å². The monoisotopic (exact) mass is 302 g/mol. The number of anilines is 1. The number of benzene rings is 1. The van der Waals surface area contributed by atoms with Crippen molar-refractivity contribution in [2.24, 2.45) is 0 Å². The number of nitrogens with one attached hydrogen (secondary N) is 1. The van der Waals surface area contributed by atoms with Crippen LogP contribution in [0.15, 0.2) is 18.2 Å². The summed E-state index contributed by atoms with van der Waals surface area (Å²) < 4.78 is 4.70. The van der Waals surface area contributed by atoms with E-state index in [-0.39, 0.29) is 11.8 Å². The average Bonchev–Trinajstić information content (AvgIpc) is 2.97. The minimum atomic E-state index is -1.20. The molecule has 2 amide bonds. The summed E-state index contributed by atoms with van der Waals surface area (Å²) in [5.41, 5.74) is 1.20. The van der Waals surface area contributed by atoms with Crippen LogP contribution in [0.25, 0.3) is 0 Å². The van der Waals surface area contributed by atoms with Gasteiger partial charge in [0.15, 0.2) is 5.41 Å². The fourth-order valence-electron chi connectivity index (χ4n) is 3.35. The molecule has 0 saturated carbocycles. The van der Waals surface area contributed by atoms with E-state index in [1.54, 1.807) is 6.92 Å². The van der Waals surface area contributed by atoms with Gasteiger partial charge >= 0.3 is 5.97 Å². The SMILES string of the molecule is COC(=O)[C@@H](C)N1CCC2(C(=O)Nc3cc(C)ccc32)C1=O. The van der Waals surface area contributed by atoms with Crippen LogP contribution in [0.4, 0.5) is 5.69 Å². The van der Waals surface area contributed by atoms with Crippen LogP contribution >= 0.6 is 0 Å². The minimum absolute atomic E-state index is 0.308. The molecule has 22 heavy (non-hydrogen) atoms. The number of esters is 1. The van der Waals surface area contributed by atoms with Crippen LogP contribution < -0.4 is 5.32 Å². The Labute approximate surface area is 128 Å². The summed E-state index contributed by atoms with van der Waals surface area (Å²) in [7, 11) is 1.29. The number of fused-ring (bicyclic) bond motifs is 2. The highest BCUT2D eigenvalue weighted by Crippen LogP contribution is 2.45. The molecule has 1 spiro atoms. The summed E-state index contributed by atoms with van der Waals surface area (Å²) >= 11 is 0. The average molecular weight is 302 g/mol. The third kappa shape index (κ3) is 1.76. The molecule has 0 radical (unpaired) electrons. The topological polar surface area (TPSA) is 75.7 Å². The van der Waals surface area contributed by atoms with E-state index >= 15 is 0 Å². The van der Waals surface area contributed by atoms with Crippen molar-refractivity contribution in [2.75, 3.05) is 19.0 Å². The molecular weight excluding hydrogens is 284 g/mol. The van der Waals surface area contributed by atoms with Gasteiger partial charge in [0.2, 0.25) is 11.8 Å². The quantitative estimate of drug-likeness (QED) is 0.652. The highest BCUT2D eigenvalue weighted by molar-refractivity contribution is 6.22. The molecule has 6 heteroatoms. The number of hydrogen-bond donors (Lipinski definition) is 1. The molecular formula is C16H18N2O4. The number of rotatable bonds is 2. The van der Waals surface area contributed by atoms with Crippen molar-refractivity contribution in [3.05, 3.63) is 29.3 Å². The summed E-state index contributed by atoms with van der Waals surface area (Å²) in [5.74, 6) is -1.11. The van der Waals surface area contributed by atoms with E-state index in [2.05, 4.69) is 5.32 Å². The first-order chi connectivity index (χ1) is 10.4. The molecule has 2 heterocycles. The number of ether oxygens (including phenoxy) is 1. The number of likely N-dealkylation sites (tertiary alicyclic amines) is 1. The summed E-state index contributed by atoms with van der Waals surface area (Å²) in [6, 6.07) is 4.88. The number of aryl methyl sites for hydroxylation is 1. The zero-order valence-corrected chi connectivity index (χ0v) is 12.8. The Bertz CT molecular complexity index is 685. The number of nitrogens with zero attached hydrogens (tertiary/aromatic N) is 1. The molecule has 3 rings (SSSR count). The third-order valence-electron chi connectivity index (χ3n) is 4.63. The van der Waals surface area contributed by atoms with Crippen molar-refractivity contribution in [1.82, 2.24) is 4.90 Å². The van der Waals surface area contributed by atoms with E-state index in [0.717, 1.165) is 5.56 Å². The van der Waals surface area contributed by atoms with Gasteiger partial charge in [-0.1, -0.05) is 12.1 Å². The normalized spacial score (nSPS) is 24.4. The lowest BCUT2D eigenvalue weighted by Crippen LogP contribution is -2.47.